The Morgan fingerprint density at radius 1 is 1.33 bits per heavy atom. The van der Waals surface area contributed by atoms with Crippen LogP contribution < -0.4 is 10.1 Å². The summed E-state index contributed by atoms with van der Waals surface area (Å²) < 4.78 is 5.43. The van der Waals surface area contributed by atoms with E-state index in [4.69, 9.17) is 4.74 Å². The Bertz CT molecular complexity index is 528. The first-order chi connectivity index (χ1) is 10.1. The zero-order valence-corrected chi connectivity index (χ0v) is 12.6. The highest BCUT2D eigenvalue weighted by atomic mass is 16.5. The van der Waals surface area contributed by atoms with Gasteiger partial charge in [0.05, 0.1) is 19.7 Å². The van der Waals surface area contributed by atoms with Gasteiger partial charge in [-0.05, 0) is 37.2 Å². The number of nitrogens with zero attached hydrogens (tertiary/aromatic N) is 1. The van der Waals surface area contributed by atoms with Crippen molar-refractivity contribution in [2.24, 2.45) is 0 Å². The first-order valence-electron chi connectivity index (χ1n) is 7.34. The lowest BCUT2D eigenvalue weighted by molar-refractivity contribution is -0.121. The van der Waals surface area contributed by atoms with E-state index >= 15 is 0 Å². The zero-order valence-electron chi connectivity index (χ0n) is 12.6. The number of fused-ring (bicyclic) bond motifs is 1. The second kappa shape index (κ2) is 7.22. The van der Waals surface area contributed by atoms with E-state index < -0.39 is 0 Å². The molecule has 1 amide bonds. The molecule has 0 radical (unpaired) electrons. The molecule has 0 aromatic heterocycles. The standard InChI is InChI=1S/C16H22N2O3/c1-3-7-17-16(20)11-18(2)10-14(19)12-4-5-15-13(9-12)6-8-21-15/h4-5,9H,3,6-8,10-11H2,1-2H3,(H,17,20). The first kappa shape index (κ1) is 15.5. The monoisotopic (exact) mass is 290 g/mol. The second-order valence-electron chi connectivity index (χ2n) is 5.37. The van der Waals surface area contributed by atoms with Crippen LogP contribution >= 0.6 is 0 Å². The van der Waals surface area contributed by atoms with E-state index in [-0.39, 0.29) is 24.8 Å². The molecule has 1 aliphatic rings. The summed E-state index contributed by atoms with van der Waals surface area (Å²) in [6, 6.07) is 5.54. The van der Waals surface area contributed by atoms with Gasteiger partial charge in [0.1, 0.15) is 5.75 Å². The molecule has 2 rings (SSSR count). The summed E-state index contributed by atoms with van der Waals surface area (Å²) in [6.07, 6.45) is 1.76. The van der Waals surface area contributed by atoms with Crippen molar-refractivity contribution in [2.45, 2.75) is 19.8 Å². The normalized spacial score (nSPS) is 12.9. The number of hydrogen-bond acceptors (Lipinski definition) is 4. The van der Waals surface area contributed by atoms with Gasteiger partial charge in [-0.25, -0.2) is 0 Å². The second-order valence-corrected chi connectivity index (χ2v) is 5.37. The average molecular weight is 290 g/mol. The number of carbonyl (C=O) groups is 2. The molecule has 0 aliphatic carbocycles. The van der Waals surface area contributed by atoms with Crippen LogP contribution in [0.4, 0.5) is 0 Å². The van der Waals surface area contributed by atoms with E-state index in [1.54, 1.807) is 18.0 Å². The molecule has 0 spiro atoms. The smallest absolute Gasteiger partial charge is 0.234 e. The average Bonchev–Trinajstić information content (AvgIpc) is 2.92. The molecule has 1 heterocycles. The van der Waals surface area contributed by atoms with Crippen LogP contribution in [0.5, 0.6) is 5.75 Å². The molecule has 0 atom stereocenters. The fourth-order valence-corrected chi connectivity index (χ4v) is 2.32. The number of ketones is 1. The summed E-state index contributed by atoms with van der Waals surface area (Å²) in [5, 5.41) is 2.80. The van der Waals surface area contributed by atoms with Crippen LogP contribution in [0.25, 0.3) is 0 Å². The minimum Gasteiger partial charge on any atom is -0.493 e. The third kappa shape index (κ3) is 4.29. The summed E-state index contributed by atoms with van der Waals surface area (Å²) in [5.74, 6) is 0.851. The zero-order chi connectivity index (χ0) is 15.2. The topological polar surface area (TPSA) is 58.6 Å². The number of carbonyl (C=O) groups excluding carboxylic acids is 2. The van der Waals surface area contributed by atoms with Gasteiger partial charge in [0.15, 0.2) is 5.78 Å². The molecule has 0 unspecified atom stereocenters. The number of likely N-dealkylation sites (N-methyl/N-ethyl adjacent to an activating group) is 1. The summed E-state index contributed by atoms with van der Waals surface area (Å²) >= 11 is 0. The molecule has 5 heteroatoms. The summed E-state index contributed by atoms with van der Waals surface area (Å²) in [7, 11) is 1.78. The molecule has 0 fully saturated rings. The van der Waals surface area contributed by atoms with Crippen molar-refractivity contribution in [3.05, 3.63) is 29.3 Å². The van der Waals surface area contributed by atoms with Crippen molar-refractivity contribution >= 4 is 11.7 Å². The van der Waals surface area contributed by atoms with Gasteiger partial charge >= 0.3 is 0 Å². The van der Waals surface area contributed by atoms with Crippen molar-refractivity contribution in [3.8, 4) is 5.75 Å². The molecular weight excluding hydrogens is 268 g/mol. The quantitative estimate of drug-likeness (QED) is 0.768. The van der Waals surface area contributed by atoms with Gasteiger partial charge < -0.3 is 10.1 Å². The Balaban J connectivity index is 1.87. The van der Waals surface area contributed by atoms with Gasteiger partial charge in [-0.2, -0.15) is 0 Å². The molecule has 5 nitrogen and oxygen atoms in total. The van der Waals surface area contributed by atoms with E-state index in [9.17, 15) is 9.59 Å². The Kier molecular flexibility index (Phi) is 5.33. The molecule has 1 aromatic carbocycles. The van der Waals surface area contributed by atoms with Gasteiger partial charge in [0.2, 0.25) is 5.91 Å². The molecule has 0 saturated carbocycles. The number of hydrogen-bond donors (Lipinski definition) is 1. The highest BCUT2D eigenvalue weighted by Crippen LogP contribution is 2.25. The maximum atomic E-state index is 12.2. The fraction of sp³-hybridized carbons (Fsp3) is 0.500. The van der Waals surface area contributed by atoms with Gasteiger partial charge in [-0.1, -0.05) is 6.92 Å². The third-order valence-electron chi connectivity index (χ3n) is 3.41. The number of amides is 1. The van der Waals surface area contributed by atoms with E-state index in [2.05, 4.69) is 5.32 Å². The Hall–Kier alpha value is -1.88. The predicted molar refractivity (Wildman–Crippen MR) is 80.8 cm³/mol. The first-order valence-corrected chi connectivity index (χ1v) is 7.34. The Labute approximate surface area is 125 Å². The van der Waals surface area contributed by atoms with Crippen LogP contribution in [0, 0.1) is 0 Å². The molecule has 1 aromatic rings. The fourth-order valence-electron chi connectivity index (χ4n) is 2.32. The largest absolute Gasteiger partial charge is 0.493 e. The maximum Gasteiger partial charge on any atom is 0.234 e. The molecule has 1 aliphatic heterocycles. The summed E-state index contributed by atoms with van der Waals surface area (Å²) in [6.45, 7) is 3.83. The van der Waals surface area contributed by atoms with Gasteiger partial charge in [-0.15, -0.1) is 0 Å². The molecule has 0 bridgehead atoms. The van der Waals surface area contributed by atoms with Crippen LogP contribution in [-0.4, -0.2) is 49.9 Å². The lowest BCUT2D eigenvalue weighted by Crippen LogP contribution is -2.37. The molecule has 1 N–H and O–H groups in total. The lowest BCUT2D eigenvalue weighted by Gasteiger charge is -2.15. The number of rotatable bonds is 7. The van der Waals surface area contributed by atoms with Crippen LogP contribution in [0.3, 0.4) is 0 Å². The van der Waals surface area contributed by atoms with E-state index in [1.807, 2.05) is 19.1 Å². The SMILES string of the molecule is CCCNC(=O)CN(C)CC(=O)c1ccc2c(c1)CCO2. The van der Waals surface area contributed by atoms with Crippen LogP contribution in [-0.2, 0) is 11.2 Å². The molecule has 21 heavy (non-hydrogen) atoms. The Morgan fingerprint density at radius 2 is 2.14 bits per heavy atom. The molecule has 114 valence electrons. The van der Waals surface area contributed by atoms with Crippen molar-refractivity contribution in [2.75, 3.05) is 33.3 Å². The van der Waals surface area contributed by atoms with Crippen molar-refractivity contribution < 1.29 is 14.3 Å². The number of Topliss-reactive ketones (excluding diaryl/α,β-unsaturated/α-hetero) is 1. The molecular formula is C16H22N2O3. The third-order valence-corrected chi connectivity index (χ3v) is 3.41. The summed E-state index contributed by atoms with van der Waals surface area (Å²) in [4.78, 5) is 25.6. The van der Waals surface area contributed by atoms with Gasteiger partial charge in [0, 0.05) is 18.5 Å². The predicted octanol–water partition coefficient (Wildman–Crippen LogP) is 1.26. The highest BCUT2D eigenvalue weighted by molar-refractivity contribution is 5.98. The Morgan fingerprint density at radius 3 is 2.90 bits per heavy atom. The number of benzene rings is 1. The maximum absolute atomic E-state index is 12.2. The van der Waals surface area contributed by atoms with Gasteiger partial charge in [-0.3, -0.25) is 14.5 Å². The summed E-state index contributed by atoms with van der Waals surface area (Å²) in [5.41, 5.74) is 1.77. The van der Waals surface area contributed by atoms with Crippen molar-refractivity contribution in [1.82, 2.24) is 10.2 Å². The van der Waals surface area contributed by atoms with Crippen LogP contribution in [0.15, 0.2) is 18.2 Å². The number of ether oxygens (including phenoxy) is 1. The van der Waals surface area contributed by atoms with Crippen molar-refractivity contribution in [3.63, 3.8) is 0 Å². The van der Waals surface area contributed by atoms with Gasteiger partial charge in [0.25, 0.3) is 0 Å². The van der Waals surface area contributed by atoms with E-state index in [1.165, 1.54) is 0 Å². The van der Waals surface area contributed by atoms with E-state index in [0.717, 1.165) is 24.2 Å². The van der Waals surface area contributed by atoms with E-state index in [0.29, 0.717) is 18.7 Å². The lowest BCUT2D eigenvalue weighted by atomic mass is 10.1. The minimum atomic E-state index is -0.0468. The van der Waals surface area contributed by atoms with Crippen molar-refractivity contribution in [1.29, 1.82) is 0 Å². The minimum absolute atomic E-state index is 0.0236. The van der Waals surface area contributed by atoms with Crippen LogP contribution in [0.2, 0.25) is 0 Å². The van der Waals surface area contributed by atoms with Crippen LogP contribution in [0.1, 0.15) is 29.3 Å². The highest BCUT2D eigenvalue weighted by Gasteiger charge is 2.16. The molecule has 0 saturated heterocycles. The number of nitrogens with one attached hydrogen (secondary N) is 1.